The highest BCUT2D eigenvalue weighted by Gasteiger charge is 2.14. The fourth-order valence-electron chi connectivity index (χ4n) is 1.28. The maximum Gasteiger partial charge on any atom is 0.260 e. The van der Waals surface area contributed by atoms with Gasteiger partial charge in [-0.05, 0) is 40.2 Å². The lowest BCUT2D eigenvalue weighted by atomic mass is 10.2. The molecular formula is C11H8BrFN2O2. The first-order valence-electron chi connectivity index (χ1n) is 4.67. The van der Waals surface area contributed by atoms with Gasteiger partial charge in [0.2, 0.25) is 0 Å². The topological polar surface area (TPSA) is 68.3 Å². The van der Waals surface area contributed by atoms with E-state index in [4.69, 9.17) is 10.2 Å². The number of hydrogen-bond acceptors (Lipinski definition) is 3. The number of amides is 1. The van der Waals surface area contributed by atoms with Crippen molar-refractivity contribution >= 4 is 33.2 Å². The van der Waals surface area contributed by atoms with Crippen molar-refractivity contribution in [2.24, 2.45) is 0 Å². The van der Waals surface area contributed by atoms with Crippen molar-refractivity contribution in [3.05, 3.63) is 46.6 Å². The van der Waals surface area contributed by atoms with Crippen LogP contribution in [0, 0.1) is 5.82 Å². The summed E-state index contributed by atoms with van der Waals surface area (Å²) in [6, 6.07) is 5.52. The number of halogens is 2. The lowest BCUT2D eigenvalue weighted by Crippen LogP contribution is -2.12. The Balaban J connectivity index is 2.22. The molecule has 1 aromatic carbocycles. The van der Waals surface area contributed by atoms with Crippen LogP contribution >= 0.6 is 15.9 Å². The Kier molecular flexibility index (Phi) is 3.14. The fraction of sp³-hybridized carbons (Fsp3) is 0. The molecule has 0 aliphatic carbocycles. The Morgan fingerprint density at radius 2 is 2.18 bits per heavy atom. The quantitative estimate of drug-likeness (QED) is 0.838. The average molecular weight is 299 g/mol. The Morgan fingerprint density at radius 3 is 2.76 bits per heavy atom. The van der Waals surface area contributed by atoms with Gasteiger partial charge in [0.25, 0.3) is 5.91 Å². The van der Waals surface area contributed by atoms with E-state index in [1.807, 2.05) is 0 Å². The molecule has 0 radical (unpaired) electrons. The zero-order chi connectivity index (χ0) is 12.4. The summed E-state index contributed by atoms with van der Waals surface area (Å²) in [4.78, 5) is 11.7. The van der Waals surface area contributed by atoms with Crippen LogP contribution in [0.25, 0.3) is 0 Å². The monoisotopic (exact) mass is 298 g/mol. The van der Waals surface area contributed by atoms with Crippen LogP contribution in [-0.2, 0) is 0 Å². The van der Waals surface area contributed by atoms with E-state index in [1.165, 1.54) is 24.5 Å². The standard InChI is InChI=1S/C11H8BrFN2O2/c12-10-7(3-4-17-10)11(16)15-9-2-1-6(14)5-8(9)13/h1-5H,14H2,(H,15,16). The number of hydrogen-bond donors (Lipinski definition) is 2. The second-order valence-electron chi connectivity index (χ2n) is 3.30. The molecular weight excluding hydrogens is 291 g/mol. The summed E-state index contributed by atoms with van der Waals surface area (Å²) in [5.74, 6) is -1.05. The minimum absolute atomic E-state index is 0.0669. The smallest absolute Gasteiger partial charge is 0.260 e. The third kappa shape index (κ3) is 2.47. The van der Waals surface area contributed by atoms with Gasteiger partial charge in [0.15, 0.2) is 4.67 Å². The first-order chi connectivity index (χ1) is 8.08. The van der Waals surface area contributed by atoms with Gasteiger partial charge in [-0.1, -0.05) is 0 Å². The molecule has 88 valence electrons. The molecule has 3 N–H and O–H groups in total. The van der Waals surface area contributed by atoms with Gasteiger partial charge in [0.1, 0.15) is 5.82 Å². The van der Waals surface area contributed by atoms with Crippen LogP contribution in [0.15, 0.2) is 39.6 Å². The van der Waals surface area contributed by atoms with Gasteiger partial charge in [-0.15, -0.1) is 0 Å². The number of carbonyl (C=O) groups is 1. The number of benzene rings is 1. The lowest BCUT2D eigenvalue weighted by molar-refractivity contribution is 0.102. The molecule has 6 heteroatoms. The third-order valence-electron chi connectivity index (χ3n) is 2.10. The Hall–Kier alpha value is -1.82. The SMILES string of the molecule is Nc1ccc(NC(=O)c2ccoc2Br)c(F)c1. The maximum atomic E-state index is 13.4. The molecule has 4 nitrogen and oxygen atoms in total. The molecule has 2 rings (SSSR count). The Labute approximate surface area is 105 Å². The first kappa shape index (κ1) is 11.7. The van der Waals surface area contributed by atoms with Crippen molar-refractivity contribution < 1.29 is 13.6 Å². The molecule has 0 aliphatic heterocycles. The number of rotatable bonds is 2. The lowest BCUT2D eigenvalue weighted by Gasteiger charge is -2.05. The van der Waals surface area contributed by atoms with E-state index in [-0.39, 0.29) is 5.69 Å². The van der Waals surface area contributed by atoms with Gasteiger partial charge in [0.05, 0.1) is 17.5 Å². The van der Waals surface area contributed by atoms with Crippen molar-refractivity contribution in [3.63, 3.8) is 0 Å². The molecule has 0 bridgehead atoms. The van der Waals surface area contributed by atoms with Crippen molar-refractivity contribution in [2.45, 2.75) is 0 Å². The van der Waals surface area contributed by atoms with Crippen molar-refractivity contribution in [2.75, 3.05) is 11.1 Å². The van der Waals surface area contributed by atoms with E-state index in [1.54, 1.807) is 0 Å². The molecule has 0 unspecified atom stereocenters. The molecule has 0 spiro atoms. The zero-order valence-corrected chi connectivity index (χ0v) is 10.1. The second-order valence-corrected chi connectivity index (χ2v) is 4.02. The predicted octanol–water partition coefficient (Wildman–Crippen LogP) is 3.02. The van der Waals surface area contributed by atoms with Gasteiger partial charge in [-0.2, -0.15) is 0 Å². The maximum absolute atomic E-state index is 13.4. The fourth-order valence-corrected chi connectivity index (χ4v) is 1.70. The van der Waals surface area contributed by atoms with Gasteiger partial charge >= 0.3 is 0 Å². The van der Waals surface area contributed by atoms with Crippen LogP contribution in [0.2, 0.25) is 0 Å². The summed E-state index contributed by atoms with van der Waals surface area (Å²) in [7, 11) is 0. The molecule has 0 saturated heterocycles. The number of nitrogen functional groups attached to an aromatic ring is 1. The number of nitrogens with two attached hydrogens (primary N) is 1. The van der Waals surface area contributed by atoms with Crippen LogP contribution in [0.1, 0.15) is 10.4 Å². The predicted molar refractivity (Wildman–Crippen MR) is 65.2 cm³/mol. The molecule has 0 fully saturated rings. The second kappa shape index (κ2) is 4.58. The van der Waals surface area contributed by atoms with Crippen LogP contribution in [0.3, 0.4) is 0 Å². The summed E-state index contributed by atoms with van der Waals surface area (Å²) in [5.41, 5.74) is 6.06. The van der Waals surface area contributed by atoms with Crippen LogP contribution < -0.4 is 11.1 Å². The van der Waals surface area contributed by atoms with E-state index in [9.17, 15) is 9.18 Å². The highest BCUT2D eigenvalue weighted by Crippen LogP contribution is 2.21. The minimum Gasteiger partial charge on any atom is -0.457 e. The van der Waals surface area contributed by atoms with Gasteiger partial charge in [-0.3, -0.25) is 4.79 Å². The molecule has 17 heavy (non-hydrogen) atoms. The molecule has 1 heterocycles. The average Bonchev–Trinajstić information content (AvgIpc) is 2.68. The van der Waals surface area contributed by atoms with E-state index < -0.39 is 11.7 Å². The van der Waals surface area contributed by atoms with Crippen molar-refractivity contribution in [3.8, 4) is 0 Å². The molecule has 1 amide bonds. The summed E-state index contributed by atoms with van der Waals surface area (Å²) >= 11 is 3.07. The summed E-state index contributed by atoms with van der Waals surface area (Å²) in [6.45, 7) is 0. The third-order valence-corrected chi connectivity index (χ3v) is 2.72. The summed E-state index contributed by atoms with van der Waals surface area (Å²) in [5, 5.41) is 2.42. The van der Waals surface area contributed by atoms with Crippen LogP contribution in [0.5, 0.6) is 0 Å². The molecule has 2 aromatic rings. The number of anilines is 2. The summed E-state index contributed by atoms with van der Waals surface area (Å²) in [6.07, 6.45) is 1.36. The Bertz CT molecular complexity index is 568. The van der Waals surface area contributed by atoms with Crippen molar-refractivity contribution in [1.29, 1.82) is 0 Å². The number of nitrogens with one attached hydrogen (secondary N) is 1. The summed E-state index contributed by atoms with van der Waals surface area (Å²) < 4.78 is 18.6. The molecule has 0 saturated carbocycles. The molecule has 0 aliphatic rings. The van der Waals surface area contributed by atoms with Gasteiger partial charge < -0.3 is 15.5 Å². The molecule has 0 atom stereocenters. The van der Waals surface area contributed by atoms with E-state index >= 15 is 0 Å². The first-order valence-corrected chi connectivity index (χ1v) is 5.46. The van der Waals surface area contributed by atoms with E-state index in [0.717, 1.165) is 6.07 Å². The number of furan rings is 1. The van der Waals surface area contributed by atoms with Gasteiger partial charge in [0, 0.05) is 5.69 Å². The van der Waals surface area contributed by atoms with Crippen molar-refractivity contribution in [1.82, 2.24) is 0 Å². The van der Waals surface area contributed by atoms with E-state index in [2.05, 4.69) is 21.2 Å². The van der Waals surface area contributed by atoms with Crippen LogP contribution in [0.4, 0.5) is 15.8 Å². The Morgan fingerprint density at radius 1 is 1.41 bits per heavy atom. The number of carbonyl (C=O) groups excluding carboxylic acids is 1. The zero-order valence-electron chi connectivity index (χ0n) is 8.54. The highest BCUT2D eigenvalue weighted by atomic mass is 79.9. The van der Waals surface area contributed by atoms with E-state index in [0.29, 0.717) is 15.9 Å². The molecule has 1 aromatic heterocycles. The van der Waals surface area contributed by atoms with Gasteiger partial charge in [-0.25, -0.2) is 4.39 Å². The normalized spacial score (nSPS) is 10.2. The van der Waals surface area contributed by atoms with Crippen LogP contribution in [-0.4, -0.2) is 5.91 Å². The highest BCUT2D eigenvalue weighted by molar-refractivity contribution is 9.10. The largest absolute Gasteiger partial charge is 0.457 e. The minimum atomic E-state index is -0.585.